The van der Waals surface area contributed by atoms with Crippen molar-refractivity contribution in [3.8, 4) is 0 Å². The van der Waals surface area contributed by atoms with Gasteiger partial charge in [0.1, 0.15) is 6.20 Å². The minimum absolute atomic E-state index is 0.0141. The molecule has 0 fully saturated rings. The third-order valence-electron chi connectivity index (χ3n) is 1.58. The molecule has 1 aromatic rings. The van der Waals surface area contributed by atoms with Gasteiger partial charge in [0, 0.05) is 0 Å². The minimum atomic E-state index is -0.452. The SMILES string of the molecule is CNCc1ncc([N+](=O)[O-])n1C. The summed E-state index contributed by atoms with van der Waals surface area (Å²) in [4.78, 5) is 13.8. The normalized spacial score (nSPS) is 10.2. The fourth-order valence-corrected chi connectivity index (χ4v) is 0.930. The summed E-state index contributed by atoms with van der Waals surface area (Å²) in [6.45, 7) is 0.532. The van der Waals surface area contributed by atoms with Crippen LogP contribution in [0, 0.1) is 10.1 Å². The Morgan fingerprint density at radius 3 is 2.92 bits per heavy atom. The van der Waals surface area contributed by atoms with Gasteiger partial charge in [-0.25, -0.2) is 9.55 Å². The molecular formula is C6H10N4O2. The van der Waals surface area contributed by atoms with Crippen molar-refractivity contribution in [2.24, 2.45) is 7.05 Å². The molecule has 1 heterocycles. The molecule has 0 spiro atoms. The molecule has 0 amide bonds. The summed E-state index contributed by atoms with van der Waals surface area (Å²) in [6, 6.07) is 0. The zero-order valence-electron chi connectivity index (χ0n) is 6.94. The highest BCUT2D eigenvalue weighted by molar-refractivity contribution is 5.18. The molecule has 0 bridgehead atoms. The van der Waals surface area contributed by atoms with Crippen LogP contribution < -0.4 is 5.32 Å². The fraction of sp³-hybridized carbons (Fsp3) is 0.500. The van der Waals surface area contributed by atoms with Gasteiger partial charge in [-0.15, -0.1) is 0 Å². The number of aromatic nitrogens is 2. The van der Waals surface area contributed by atoms with E-state index in [1.165, 1.54) is 10.8 Å². The number of nitrogens with one attached hydrogen (secondary N) is 1. The zero-order valence-corrected chi connectivity index (χ0v) is 6.94. The number of hydrogen-bond acceptors (Lipinski definition) is 4. The lowest BCUT2D eigenvalue weighted by Crippen LogP contribution is -2.11. The maximum Gasteiger partial charge on any atom is 0.342 e. The Hall–Kier alpha value is -1.43. The summed E-state index contributed by atoms with van der Waals surface area (Å²) in [5, 5.41) is 13.2. The second-order valence-electron chi connectivity index (χ2n) is 2.38. The predicted molar refractivity (Wildman–Crippen MR) is 42.6 cm³/mol. The number of hydrogen-bond donors (Lipinski definition) is 1. The minimum Gasteiger partial charge on any atom is -0.358 e. The Kier molecular flexibility index (Phi) is 2.39. The summed E-state index contributed by atoms with van der Waals surface area (Å²) in [5.41, 5.74) is 0. The van der Waals surface area contributed by atoms with Crippen LogP contribution in [-0.4, -0.2) is 21.5 Å². The largest absolute Gasteiger partial charge is 0.358 e. The number of rotatable bonds is 3. The molecule has 6 heteroatoms. The lowest BCUT2D eigenvalue weighted by atomic mass is 10.6. The lowest BCUT2D eigenvalue weighted by molar-refractivity contribution is -0.391. The maximum absolute atomic E-state index is 10.4. The zero-order chi connectivity index (χ0) is 9.14. The third kappa shape index (κ3) is 1.42. The molecule has 1 rings (SSSR count). The van der Waals surface area contributed by atoms with Gasteiger partial charge >= 0.3 is 5.82 Å². The standard InChI is InChI=1S/C6H10N4O2/c1-7-3-5-8-4-6(9(5)2)10(11)12/h4,7H,3H2,1-2H3. The quantitative estimate of drug-likeness (QED) is 0.513. The van der Waals surface area contributed by atoms with Gasteiger partial charge in [-0.2, -0.15) is 0 Å². The Morgan fingerprint density at radius 1 is 1.83 bits per heavy atom. The van der Waals surface area contributed by atoms with Gasteiger partial charge in [-0.05, 0) is 12.0 Å². The maximum atomic E-state index is 10.4. The summed E-state index contributed by atoms with van der Waals surface area (Å²) in [6.07, 6.45) is 1.26. The van der Waals surface area contributed by atoms with Crippen molar-refractivity contribution in [2.45, 2.75) is 6.54 Å². The van der Waals surface area contributed by atoms with Gasteiger partial charge in [0.15, 0.2) is 0 Å². The highest BCUT2D eigenvalue weighted by atomic mass is 16.6. The number of nitrogens with zero attached hydrogens (tertiary/aromatic N) is 3. The summed E-state index contributed by atoms with van der Waals surface area (Å²) >= 11 is 0. The summed E-state index contributed by atoms with van der Waals surface area (Å²) < 4.78 is 1.45. The van der Waals surface area contributed by atoms with Crippen molar-refractivity contribution in [3.63, 3.8) is 0 Å². The van der Waals surface area contributed by atoms with E-state index < -0.39 is 4.92 Å². The van der Waals surface area contributed by atoms with Crippen molar-refractivity contribution >= 4 is 5.82 Å². The first-order valence-electron chi connectivity index (χ1n) is 3.46. The lowest BCUT2D eigenvalue weighted by Gasteiger charge is -1.96. The van der Waals surface area contributed by atoms with E-state index >= 15 is 0 Å². The average Bonchev–Trinajstić information content (AvgIpc) is 2.34. The average molecular weight is 170 g/mol. The summed E-state index contributed by atoms with van der Waals surface area (Å²) in [5.74, 6) is 0.671. The van der Waals surface area contributed by atoms with Crippen molar-refractivity contribution in [3.05, 3.63) is 22.1 Å². The van der Waals surface area contributed by atoms with Crippen LogP contribution >= 0.6 is 0 Å². The molecule has 0 atom stereocenters. The van der Waals surface area contributed by atoms with Gasteiger partial charge in [0.2, 0.25) is 5.82 Å². The van der Waals surface area contributed by atoms with Crippen LogP contribution in [0.15, 0.2) is 6.20 Å². The predicted octanol–water partition coefficient (Wildman–Crippen LogP) is 0.0477. The highest BCUT2D eigenvalue weighted by Gasteiger charge is 2.14. The van der Waals surface area contributed by atoms with Crippen LogP contribution in [-0.2, 0) is 13.6 Å². The van der Waals surface area contributed by atoms with E-state index in [-0.39, 0.29) is 5.82 Å². The Bertz CT molecular complexity index is 294. The smallest absolute Gasteiger partial charge is 0.342 e. The van der Waals surface area contributed by atoms with Gasteiger partial charge in [-0.3, -0.25) is 0 Å². The second kappa shape index (κ2) is 3.31. The Labute approximate surface area is 69.4 Å². The van der Waals surface area contributed by atoms with E-state index in [1.807, 2.05) is 0 Å². The Balaban J connectivity index is 2.96. The van der Waals surface area contributed by atoms with Crippen LogP contribution in [0.2, 0.25) is 0 Å². The van der Waals surface area contributed by atoms with Crippen molar-refractivity contribution in [1.29, 1.82) is 0 Å². The molecule has 0 saturated heterocycles. The molecule has 0 aliphatic carbocycles. The molecule has 0 aliphatic heterocycles. The van der Waals surface area contributed by atoms with E-state index in [0.717, 1.165) is 0 Å². The monoisotopic (exact) mass is 170 g/mol. The van der Waals surface area contributed by atoms with E-state index in [0.29, 0.717) is 12.4 Å². The number of imidazole rings is 1. The van der Waals surface area contributed by atoms with E-state index in [2.05, 4.69) is 10.3 Å². The van der Waals surface area contributed by atoms with Crippen LogP contribution in [0.3, 0.4) is 0 Å². The summed E-state index contributed by atoms with van der Waals surface area (Å²) in [7, 11) is 3.39. The van der Waals surface area contributed by atoms with Gasteiger partial charge < -0.3 is 15.4 Å². The van der Waals surface area contributed by atoms with Crippen molar-refractivity contribution in [2.75, 3.05) is 7.05 Å². The van der Waals surface area contributed by atoms with E-state index in [1.54, 1.807) is 14.1 Å². The van der Waals surface area contributed by atoms with Crippen LogP contribution in [0.1, 0.15) is 5.82 Å². The van der Waals surface area contributed by atoms with Gasteiger partial charge in [0.25, 0.3) is 0 Å². The van der Waals surface area contributed by atoms with E-state index in [9.17, 15) is 10.1 Å². The van der Waals surface area contributed by atoms with Crippen molar-refractivity contribution in [1.82, 2.24) is 14.9 Å². The van der Waals surface area contributed by atoms with Gasteiger partial charge in [-0.1, -0.05) is 0 Å². The molecule has 12 heavy (non-hydrogen) atoms. The van der Waals surface area contributed by atoms with Crippen LogP contribution in [0.25, 0.3) is 0 Å². The first kappa shape index (κ1) is 8.66. The molecular weight excluding hydrogens is 160 g/mol. The Morgan fingerprint density at radius 2 is 2.50 bits per heavy atom. The molecule has 0 saturated carbocycles. The first-order chi connectivity index (χ1) is 5.66. The molecule has 0 aliphatic rings. The molecule has 0 aromatic carbocycles. The second-order valence-corrected chi connectivity index (χ2v) is 2.38. The molecule has 0 radical (unpaired) electrons. The van der Waals surface area contributed by atoms with Crippen LogP contribution in [0.4, 0.5) is 5.82 Å². The fourth-order valence-electron chi connectivity index (χ4n) is 0.930. The molecule has 6 nitrogen and oxygen atoms in total. The highest BCUT2D eigenvalue weighted by Crippen LogP contribution is 2.10. The van der Waals surface area contributed by atoms with E-state index in [4.69, 9.17) is 0 Å². The molecule has 1 N–H and O–H groups in total. The van der Waals surface area contributed by atoms with Crippen molar-refractivity contribution < 1.29 is 4.92 Å². The van der Waals surface area contributed by atoms with Crippen LogP contribution in [0.5, 0.6) is 0 Å². The first-order valence-corrected chi connectivity index (χ1v) is 3.46. The molecule has 1 aromatic heterocycles. The molecule has 66 valence electrons. The molecule has 0 unspecified atom stereocenters. The topological polar surface area (TPSA) is 73.0 Å². The van der Waals surface area contributed by atoms with Gasteiger partial charge in [0.05, 0.1) is 13.6 Å². The number of nitro groups is 1. The third-order valence-corrected chi connectivity index (χ3v) is 1.58.